The molecule has 0 aliphatic heterocycles. The van der Waals surface area contributed by atoms with Crippen LogP contribution in [-0.4, -0.2) is 22.3 Å². The van der Waals surface area contributed by atoms with Crippen LogP contribution in [-0.2, 0) is 17.6 Å². The number of carboxylic acid groups (broad SMARTS) is 1. The Hall–Kier alpha value is -2.56. The fraction of sp³-hybridized carbons (Fsp3) is 0.294. The van der Waals surface area contributed by atoms with Crippen LogP contribution < -0.4 is 11.0 Å². The Labute approximate surface area is 129 Å². The van der Waals surface area contributed by atoms with Crippen molar-refractivity contribution in [3.63, 3.8) is 0 Å². The number of nitrogens with one attached hydrogen (secondary N) is 1. The maximum absolute atomic E-state index is 12.3. The van der Waals surface area contributed by atoms with Crippen molar-refractivity contribution >= 4 is 5.97 Å². The lowest BCUT2D eigenvalue weighted by atomic mass is 10.1. The first-order valence-electron chi connectivity index (χ1n) is 7.20. The van der Waals surface area contributed by atoms with Gasteiger partial charge in [0.15, 0.2) is 0 Å². The van der Waals surface area contributed by atoms with E-state index in [1.807, 2.05) is 12.1 Å². The molecule has 0 amide bonds. The molecule has 0 aliphatic carbocycles. The first kappa shape index (κ1) is 15.8. The van der Waals surface area contributed by atoms with Crippen LogP contribution in [0.15, 0.2) is 41.3 Å². The molecule has 22 heavy (non-hydrogen) atoms. The highest BCUT2D eigenvalue weighted by Gasteiger charge is 2.11. The predicted molar refractivity (Wildman–Crippen MR) is 85.9 cm³/mol. The van der Waals surface area contributed by atoms with Gasteiger partial charge in [-0.05, 0) is 43.0 Å². The standard InChI is InChI=1S/C17H20N2O3/c1-12-5-3-4-6-14(12)7-9-18-19-10-8-13(2)15(17(19)22)11-16(20)21/h3-6,8,10,18H,7,9,11H2,1-2H3,(H,20,21). The molecule has 116 valence electrons. The van der Waals surface area contributed by atoms with E-state index in [1.54, 1.807) is 19.2 Å². The molecular weight excluding hydrogens is 280 g/mol. The summed E-state index contributed by atoms with van der Waals surface area (Å²) < 4.78 is 1.36. The molecule has 0 fully saturated rings. The number of carboxylic acids is 1. The Balaban J connectivity index is 2.09. The second kappa shape index (κ2) is 6.93. The minimum absolute atomic E-state index is 0.259. The monoisotopic (exact) mass is 300 g/mol. The second-order valence-electron chi connectivity index (χ2n) is 5.31. The molecule has 0 saturated heterocycles. The van der Waals surface area contributed by atoms with Gasteiger partial charge in [-0.15, -0.1) is 0 Å². The number of pyridine rings is 1. The molecule has 0 atom stereocenters. The zero-order valence-corrected chi connectivity index (χ0v) is 12.8. The van der Waals surface area contributed by atoms with Gasteiger partial charge in [0.1, 0.15) is 0 Å². The molecule has 2 aromatic rings. The minimum atomic E-state index is -1.00. The van der Waals surface area contributed by atoms with Crippen LogP contribution in [0.1, 0.15) is 22.3 Å². The molecule has 1 aromatic heterocycles. The molecule has 2 rings (SSSR count). The zero-order chi connectivity index (χ0) is 16.1. The van der Waals surface area contributed by atoms with Gasteiger partial charge in [0.25, 0.3) is 5.56 Å². The van der Waals surface area contributed by atoms with Gasteiger partial charge in [-0.25, -0.2) is 4.68 Å². The summed E-state index contributed by atoms with van der Waals surface area (Å²) in [5.74, 6) is -1.00. The summed E-state index contributed by atoms with van der Waals surface area (Å²) >= 11 is 0. The van der Waals surface area contributed by atoms with E-state index in [1.165, 1.54) is 15.8 Å². The summed E-state index contributed by atoms with van der Waals surface area (Å²) in [6.45, 7) is 4.40. The molecular formula is C17H20N2O3. The molecule has 0 spiro atoms. The molecule has 5 nitrogen and oxygen atoms in total. The Morgan fingerprint density at radius 3 is 2.59 bits per heavy atom. The average molecular weight is 300 g/mol. The van der Waals surface area contributed by atoms with E-state index in [0.29, 0.717) is 17.7 Å². The molecule has 0 radical (unpaired) electrons. The third-order valence-corrected chi connectivity index (χ3v) is 3.69. The average Bonchev–Trinajstić information content (AvgIpc) is 2.47. The van der Waals surface area contributed by atoms with E-state index in [0.717, 1.165) is 6.42 Å². The first-order chi connectivity index (χ1) is 10.5. The van der Waals surface area contributed by atoms with Crippen LogP contribution in [0, 0.1) is 13.8 Å². The highest BCUT2D eigenvalue weighted by Crippen LogP contribution is 2.07. The Morgan fingerprint density at radius 2 is 1.91 bits per heavy atom. The molecule has 0 aliphatic rings. The number of rotatable bonds is 6. The van der Waals surface area contributed by atoms with E-state index in [9.17, 15) is 9.59 Å². The number of nitrogens with zero attached hydrogens (tertiary/aromatic N) is 1. The number of carbonyl (C=O) groups is 1. The molecule has 1 aromatic carbocycles. The zero-order valence-electron chi connectivity index (χ0n) is 12.8. The van der Waals surface area contributed by atoms with Crippen LogP contribution in [0.2, 0.25) is 0 Å². The van der Waals surface area contributed by atoms with Gasteiger partial charge in [-0.2, -0.15) is 0 Å². The van der Waals surface area contributed by atoms with Gasteiger partial charge in [0.2, 0.25) is 0 Å². The topological polar surface area (TPSA) is 71.3 Å². The van der Waals surface area contributed by atoms with Crippen molar-refractivity contribution in [2.24, 2.45) is 0 Å². The molecule has 5 heteroatoms. The van der Waals surface area contributed by atoms with Gasteiger partial charge in [0, 0.05) is 18.3 Å². The van der Waals surface area contributed by atoms with Crippen molar-refractivity contribution in [1.82, 2.24) is 4.68 Å². The van der Waals surface area contributed by atoms with Crippen molar-refractivity contribution in [3.05, 3.63) is 69.1 Å². The van der Waals surface area contributed by atoms with Gasteiger partial charge in [0.05, 0.1) is 6.42 Å². The molecule has 2 N–H and O–H groups in total. The number of hydrogen-bond donors (Lipinski definition) is 2. The van der Waals surface area contributed by atoms with Crippen molar-refractivity contribution in [2.75, 3.05) is 12.0 Å². The summed E-state index contributed by atoms with van der Waals surface area (Å²) in [5.41, 5.74) is 6.20. The maximum Gasteiger partial charge on any atom is 0.308 e. The Bertz CT molecular complexity index is 735. The Morgan fingerprint density at radius 1 is 1.18 bits per heavy atom. The molecule has 1 heterocycles. The number of hydrogen-bond acceptors (Lipinski definition) is 3. The lowest BCUT2D eigenvalue weighted by Gasteiger charge is -2.13. The molecule has 0 unspecified atom stereocenters. The molecule has 0 bridgehead atoms. The van der Waals surface area contributed by atoms with Crippen molar-refractivity contribution in [3.8, 4) is 0 Å². The fourth-order valence-electron chi connectivity index (χ4n) is 2.36. The van der Waals surface area contributed by atoms with Gasteiger partial charge in [-0.3, -0.25) is 9.59 Å². The van der Waals surface area contributed by atoms with Crippen molar-refractivity contribution < 1.29 is 9.90 Å². The third-order valence-electron chi connectivity index (χ3n) is 3.69. The van der Waals surface area contributed by atoms with E-state index < -0.39 is 5.97 Å². The maximum atomic E-state index is 12.3. The lowest BCUT2D eigenvalue weighted by Crippen LogP contribution is -2.33. The van der Waals surface area contributed by atoms with E-state index in [-0.39, 0.29) is 12.0 Å². The van der Waals surface area contributed by atoms with E-state index >= 15 is 0 Å². The SMILES string of the molecule is Cc1ccccc1CCNn1ccc(C)c(CC(=O)O)c1=O. The van der Waals surface area contributed by atoms with E-state index in [4.69, 9.17) is 5.11 Å². The Kier molecular flexibility index (Phi) is 4.99. The van der Waals surface area contributed by atoms with Crippen LogP contribution in [0.5, 0.6) is 0 Å². The van der Waals surface area contributed by atoms with Crippen LogP contribution in [0.3, 0.4) is 0 Å². The van der Waals surface area contributed by atoms with E-state index in [2.05, 4.69) is 24.5 Å². The van der Waals surface area contributed by atoms with Crippen molar-refractivity contribution in [1.29, 1.82) is 0 Å². The number of aryl methyl sites for hydroxylation is 2. The van der Waals surface area contributed by atoms with Gasteiger partial charge >= 0.3 is 5.97 Å². The minimum Gasteiger partial charge on any atom is -0.481 e. The fourth-order valence-corrected chi connectivity index (χ4v) is 2.36. The van der Waals surface area contributed by atoms with Crippen LogP contribution >= 0.6 is 0 Å². The number of benzene rings is 1. The van der Waals surface area contributed by atoms with Gasteiger partial charge in [-0.1, -0.05) is 24.3 Å². The van der Waals surface area contributed by atoms with Crippen LogP contribution in [0.25, 0.3) is 0 Å². The summed E-state index contributed by atoms with van der Waals surface area (Å²) in [4.78, 5) is 23.1. The number of aliphatic carboxylic acids is 1. The number of aromatic nitrogens is 1. The van der Waals surface area contributed by atoms with Crippen LogP contribution in [0.4, 0.5) is 0 Å². The quantitative estimate of drug-likeness (QED) is 0.854. The second-order valence-corrected chi connectivity index (χ2v) is 5.31. The summed E-state index contributed by atoms with van der Waals surface area (Å²) in [6, 6.07) is 9.85. The normalized spacial score (nSPS) is 10.5. The smallest absolute Gasteiger partial charge is 0.308 e. The summed E-state index contributed by atoms with van der Waals surface area (Å²) in [6.07, 6.45) is 2.17. The predicted octanol–water partition coefficient (Wildman–Crippen LogP) is 1.88. The van der Waals surface area contributed by atoms with Crippen molar-refractivity contribution in [2.45, 2.75) is 26.7 Å². The first-order valence-corrected chi connectivity index (χ1v) is 7.20. The highest BCUT2D eigenvalue weighted by molar-refractivity contribution is 5.70. The largest absolute Gasteiger partial charge is 0.481 e. The molecule has 0 saturated carbocycles. The highest BCUT2D eigenvalue weighted by atomic mass is 16.4. The lowest BCUT2D eigenvalue weighted by molar-refractivity contribution is -0.136. The van der Waals surface area contributed by atoms with Gasteiger partial charge < -0.3 is 10.5 Å². The summed E-state index contributed by atoms with van der Waals surface area (Å²) in [7, 11) is 0. The third kappa shape index (κ3) is 3.75. The summed E-state index contributed by atoms with van der Waals surface area (Å²) in [5, 5.41) is 8.89.